The number of carboxylic acids is 2. The second kappa shape index (κ2) is 28.2. The SMILES string of the molecule is CCCN(CC(=O)NCC(=O)Oc1cc2n(c(=O)c1COC(C)=O)Cc1c-2nc2ccccc2c1CC)C(=O)C(CC(=O)O)NC(=O)CCOCCOCCOCCNC(=O)CNC(=O)CCC(=O)O. The quantitative estimate of drug-likeness (QED) is 0.0281. The number of rotatable bonds is 31. The number of aryl methyl sites for hydroxylation is 1. The van der Waals surface area contributed by atoms with Gasteiger partial charge >= 0.3 is 23.9 Å². The van der Waals surface area contributed by atoms with Crippen molar-refractivity contribution in [2.75, 3.05) is 72.4 Å². The number of nitrogens with zero attached hydrogens (tertiary/aromatic N) is 3. The van der Waals surface area contributed by atoms with Gasteiger partial charge in [-0.1, -0.05) is 32.0 Å². The Morgan fingerprint density at radius 1 is 0.786 bits per heavy atom. The monoisotopic (exact) mass is 981 g/mol. The first-order valence-electron chi connectivity index (χ1n) is 22.6. The van der Waals surface area contributed by atoms with Crippen molar-refractivity contribution in [3.63, 3.8) is 0 Å². The number of carbonyl (C=O) groups excluding carboxylic acids is 7. The molecule has 6 N–H and O–H groups in total. The van der Waals surface area contributed by atoms with Crippen molar-refractivity contribution in [2.24, 2.45) is 0 Å². The number of amides is 5. The van der Waals surface area contributed by atoms with E-state index in [1.54, 1.807) is 6.92 Å². The van der Waals surface area contributed by atoms with E-state index in [0.717, 1.165) is 28.3 Å². The summed E-state index contributed by atoms with van der Waals surface area (Å²) >= 11 is 0. The molecule has 1 aliphatic rings. The van der Waals surface area contributed by atoms with Gasteiger partial charge in [0.05, 0.1) is 94.6 Å². The third-order valence-electron chi connectivity index (χ3n) is 10.4. The average molecular weight is 982 g/mol. The second-order valence-corrected chi connectivity index (χ2v) is 15.7. The van der Waals surface area contributed by atoms with Crippen LogP contribution in [0.2, 0.25) is 0 Å². The Morgan fingerprint density at radius 3 is 2.14 bits per heavy atom. The van der Waals surface area contributed by atoms with E-state index < -0.39 is 91.1 Å². The van der Waals surface area contributed by atoms with Crippen LogP contribution >= 0.6 is 0 Å². The first-order valence-corrected chi connectivity index (χ1v) is 22.6. The number of esters is 2. The maximum absolute atomic E-state index is 13.9. The number of fused-ring (bicyclic) bond motifs is 4. The van der Waals surface area contributed by atoms with Gasteiger partial charge < -0.3 is 64.6 Å². The summed E-state index contributed by atoms with van der Waals surface area (Å²) in [6, 6.07) is 7.49. The van der Waals surface area contributed by atoms with Crippen molar-refractivity contribution < 1.29 is 77.0 Å². The van der Waals surface area contributed by atoms with Crippen molar-refractivity contribution in [1.29, 1.82) is 0 Å². The van der Waals surface area contributed by atoms with Gasteiger partial charge in [0.2, 0.25) is 29.5 Å². The number of aliphatic carboxylic acids is 2. The summed E-state index contributed by atoms with van der Waals surface area (Å²) in [5.41, 5.74) is 2.79. The summed E-state index contributed by atoms with van der Waals surface area (Å²) in [7, 11) is 0. The van der Waals surface area contributed by atoms with Crippen LogP contribution in [0.25, 0.3) is 22.3 Å². The number of aromatic nitrogens is 2. The number of hydrogen-bond donors (Lipinski definition) is 6. The van der Waals surface area contributed by atoms with Crippen LogP contribution in [0.5, 0.6) is 5.75 Å². The Kier molecular flexibility index (Phi) is 22.3. The molecule has 3 heterocycles. The molecule has 0 saturated carbocycles. The van der Waals surface area contributed by atoms with E-state index in [2.05, 4.69) is 21.3 Å². The molecule has 24 nitrogen and oxygen atoms in total. The van der Waals surface area contributed by atoms with E-state index in [0.29, 0.717) is 29.7 Å². The molecule has 5 amide bonds. The molecule has 4 rings (SSSR count). The number of hydrogen-bond acceptors (Lipinski definition) is 16. The van der Waals surface area contributed by atoms with E-state index in [9.17, 15) is 53.1 Å². The van der Waals surface area contributed by atoms with Crippen molar-refractivity contribution >= 4 is 64.3 Å². The maximum Gasteiger partial charge on any atom is 0.330 e. The van der Waals surface area contributed by atoms with Gasteiger partial charge in [0.15, 0.2) is 0 Å². The number of pyridine rings is 2. The third kappa shape index (κ3) is 17.3. The molecule has 1 aromatic carbocycles. The largest absolute Gasteiger partial charge is 0.481 e. The fourth-order valence-corrected chi connectivity index (χ4v) is 7.16. The van der Waals surface area contributed by atoms with E-state index in [4.69, 9.17) is 33.8 Å². The summed E-state index contributed by atoms with van der Waals surface area (Å²) in [4.78, 5) is 130. The molecule has 70 heavy (non-hydrogen) atoms. The van der Waals surface area contributed by atoms with Crippen LogP contribution in [0.4, 0.5) is 0 Å². The van der Waals surface area contributed by atoms with Crippen molar-refractivity contribution in [1.82, 2.24) is 35.7 Å². The highest BCUT2D eigenvalue weighted by atomic mass is 16.6. The molecule has 3 aromatic rings. The van der Waals surface area contributed by atoms with Gasteiger partial charge in [-0.2, -0.15) is 0 Å². The standard InChI is InChI=1S/C46H59N7O17/c1-4-14-52(46(65)34(21-42(61)62)50-38(56)12-15-66-17-19-68-20-18-67-16-13-47-39(57)23-48-37(55)10-11-41(59)60)26-40(58)49-24-43(63)70-36-22-35-44-31(25-53(35)45(64)32(36)27-69-28(3)54)29(5-2)30-8-6-7-9-33(30)51-44/h6-9,22,34H,4-5,10-21,23-27H2,1-3H3,(H,47,57)(H,48,55)(H,49,58)(H,50,56)(H,59,60)(H,61,62). The van der Waals surface area contributed by atoms with E-state index in [1.165, 1.54) is 10.6 Å². The normalized spacial score (nSPS) is 11.7. The van der Waals surface area contributed by atoms with Crippen LogP contribution < -0.4 is 31.6 Å². The van der Waals surface area contributed by atoms with Crippen LogP contribution in [0.3, 0.4) is 0 Å². The summed E-state index contributed by atoms with van der Waals surface area (Å²) < 4.78 is 28.3. The molecule has 1 unspecified atom stereocenters. The molecule has 24 heteroatoms. The topological polar surface area (TPSA) is 326 Å². The zero-order valence-corrected chi connectivity index (χ0v) is 39.3. The van der Waals surface area contributed by atoms with Crippen LogP contribution in [-0.4, -0.2) is 156 Å². The minimum absolute atomic E-state index is 0.00374. The Bertz CT molecular complexity index is 2460. The Labute approximate surface area is 401 Å². The summed E-state index contributed by atoms with van der Waals surface area (Å²) in [6.07, 6.45) is -0.588. The summed E-state index contributed by atoms with van der Waals surface area (Å²) in [5.74, 6) is -7.76. The lowest BCUT2D eigenvalue weighted by Crippen LogP contribution is -2.52. The van der Waals surface area contributed by atoms with E-state index in [1.807, 2.05) is 31.2 Å². The van der Waals surface area contributed by atoms with Crippen molar-refractivity contribution in [2.45, 2.75) is 78.5 Å². The van der Waals surface area contributed by atoms with E-state index >= 15 is 0 Å². The maximum atomic E-state index is 13.9. The molecule has 0 bridgehead atoms. The average Bonchev–Trinajstić information content (AvgIpc) is 3.68. The minimum atomic E-state index is -1.54. The number of carbonyl (C=O) groups is 9. The van der Waals surface area contributed by atoms with Crippen LogP contribution in [-0.2, 0) is 81.7 Å². The number of para-hydroxylation sites is 1. The molecule has 0 radical (unpaired) electrons. The Morgan fingerprint density at radius 2 is 1.47 bits per heavy atom. The summed E-state index contributed by atoms with van der Waals surface area (Å²) in [6.45, 7) is 3.81. The Balaban J connectivity index is 1.22. The van der Waals surface area contributed by atoms with Crippen LogP contribution in [0.15, 0.2) is 35.1 Å². The van der Waals surface area contributed by atoms with Gasteiger partial charge in [0, 0.05) is 49.9 Å². The fraction of sp³-hybridized carbons (Fsp3) is 0.500. The zero-order valence-electron chi connectivity index (χ0n) is 39.3. The van der Waals surface area contributed by atoms with E-state index in [-0.39, 0.29) is 96.4 Å². The molecular formula is C46H59N7O17. The predicted octanol–water partition coefficient (Wildman–Crippen LogP) is -0.192. The molecule has 1 atom stereocenters. The van der Waals surface area contributed by atoms with Gasteiger partial charge in [-0.15, -0.1) is 0 Å². The number of ether oxygens (including phenoxy) is 5. The van der Waals surface area contributed by atoms with Crippen molar-refractivity contribution in [3.8, 4) is 17.1 Å². The zero-order chi connectivity index (χ0) is 51.2. The lowest BCUT2D eigenvalue weighted by Gasteiger charge is -2.26. The van der Waals surface area contributed by atoms with Crippen molar-refractivity contribution in [3.05, 3.63) is 57.4 Å². The highest BCUT2D eigenvalue weighted by molar-refractivity contribution is 5.94. The first-order chi connectivity index (χ1) is 33.5. The molecule has 380 valence electrons. The van der Waals surface area contributed by atoms with Gasteiger partial charge in [-0.3, -0.25) is 43.2 Å². The lowest BCUT2D eigenvalue weighted by molar-refractivity contribution is -0.145. The summed E-state index contributed by atoms with van der Waals surface area (Å²) in [5, 5.41) is 28.7. The van der Waals surface area contributed by atoms with Crippen LogP contribution in [0.1, 0.15) is 69.6 Å². The smallest absolute Gasteiger partial charge is 0.330 e. The van der Waals surface area contributed by atoms with Gasteiger partial charge in [0.1, 0.15) is 24.9 Å². The fourth-order valence-electron chi connectivity index (χ4n) is 7.16. The second-order valence-electron chi connectivity index (χ2n) is 15.7. The predicted molar refractivity (Wildman–Crippen MR) is 245 cm³/mol. The van der Waals surface area contributed by atoms with Crippen LogP contribution in [0, 0.1) is 0 Å². The molecule has 0 saturated heterocycles. The van der Waals surface area contributed by atoms with Gasteiger partial charge in [0.25, 0.3) is 5.56 Å². The molecule has 2 aromatic heterocycles. The highest BCUT2D eigenvalue weighted by Crippen LogP contribution is 2.37. The lowest BCUT2D eigenvalue weighted by atomic mass is 9.99. The first kappa shape index (κ1) is 55.3. The minimum Gasteiger partial charge on any atom is -0.481 e. The molecule has 0 aliphatic carbocycles. The number of carboxylic acid groups (broad SMARTS) is 2. The third-order valence-corrected chi connectivity index (χ3v) is 10.4. The highest BCUT2D eigenvalue weighted by Gasteiger charge is 2.31. The molecule has 0 fully saturated rings. The van der Waals surface area contributed by atoms with Gasteiger partial charge in [-0.05, 0) is 24.5 Å². The number of benzene rings is 1. The Hall–Kier alpha value is -7.31. The molecular weight excluding hydrogens is 923 g/mol. The number of nitrogens with one attached hydrogen (secondary N) is 4. The van der Waals surface area contributed by atoms with Gasteiger partial charge in [-0.25, -0.2) is 9.78 Å². The molecule has 1 aliphatic heterocycles. The molecule has 0 spiro atoms.